The van der Waals surface area contributed by atoms with Crippen molar-refractivity contribution in [1.82, 2.24) is 42.5 Å². The van der Waals surface area contributed by atoms with Crippen LogP contribution in [0, 0.1) is 17.8 Å². The van der Waals surface area contributed by atoms with E-state index in [0.717, 1.165) is 25.7 Å². The van der Waals surface area contributed by atoms with Crippen LogP contribution in [0.15, 0.2) is 30.3 Å². The minimum atomic E-state index is -1.71. The molecule has 20 N–H and O–H groups in total. The van der Waals surface area contributed by atoms with E-state index in [-0.39, 0.29) is 96.4 Å². The SMILES string of the molecule is CCCCCCCC(=O)O[C@@H](CCN)C(=O)N[C@H](C(=O)N[C@@H](CCN)C(=O)C[C@H]1CCNC(=O)[C@H](C(C)O)NC(=O)[C@H](CCN)CC(=O)[C@H](CCN)NC(=O)[C@H](CC(C)C)NC(=O)[C@@H](Cc2ccccc2)NC(=O)[C@H](CCN)NC1=O)C(C)O. The summed E-state index contributed by atoms with van der Waals surface area (Å²) < 4.78 is 5.43. The molecule has 1 aromatic rings. The molecular weight excluding hydrogens is 1090 g/mol. The molecule has 1 heterocycles. The third-order valence-corrected chi connectivity index (χ3v) is 14.2. The van der Waals surface area contributed by atoms with Crippen molar-refractivity contribution in [3.63, 3.8) is 0 Å². The number of benzene rings is 1. The third kappa shape index (κ3) is 26.6. The number of nitrogens with one attached hydrogen (secondary N) is 8. The predicted molar refractivity (Wildman–Crippen MR) is 312 cm³/mol. The quantitative estimate of drug-likeness (QED) is 0.0272. The van der Waals surface area contributed by atoms with E-state index in [9.17, 15) is 63.0 Å². The molecule has 0 aromatic heterocycles. The van der Waals surface area contributed by atoms with Gasteiger partial charge in [-0.3, -0.25) is 52.7 Å². The Kier molecular flexibility index (Phi) is 35.0. The molecule has 0 bridgehead atoms. The van der Waals surface area contributed by atoms with Crippen LogP contribution in [0.2, 0.25) is 0 Å². The standard InChI is InChI=1S/C57H97N13O14/c1-6-7-8-9-13-16-47(75)84-46(21-27-62)55(81)70-49(35(5)72)57(83)65-40(19-25-60)45(74)32-38-22-28-63-56(82)48(34(4)71)69-51(77)37(17-23-58)31-44(73)39(18-24-59)64-53(79)42(29-33(2)3)67-54(80)43(30-36-14-11-10-12-15-36)68-52(78)41(20-26-61)66-50(38)76/h10-12,14-15,33-35,37-43,46,48-49,71-72H,6-9,13,16-32,58-62H2,1-5H3,(H,63,82)(H,64,79)(H,65,83)(H,66,76)(H,67,80)(H,68,78)(H,69,77)(H,70,81)/t34?,35?,37-,38-,39+,40+,41+,42+,43-,46+,48+,49+/m1/s1. The highest BCUT2D eigenvalue weighted by molar-refractivity contribution is 5.99. The van der Waals surface area contributed by atoms with Crippen molar-refractivity contribution < 1.29 is 67.7 Å². The van der Waals surface area contributed by atoms with Crippen LogP contribution in [0.1, 0.15) is 136 Å². The second-order valence-electron chi connectivity index (χ2n) is 21.9. The van der Waals surface area contributed by atoms with E-state index in [1.807, 2.05) is 0 Å². The van der Waals surface area contributed by atoms with Crippen molar-refractivity contribution in [3.8, 4) is 0 Å². The number of hydrogen-bond donors (Lipinski definition) is 15. The summed E-state index contributed by atoms with van der Waals surface area (Å²) in [6.45, 7) is 7.11. The monoisotopic (exact) mass is 1190 g/mol. The molecule has 0 spiro atoms. The first-order chi connectivity index (χ1) is 39.9. The molecule has 1 fully saturated rings. The van der Waals surface area contributed by atoms with Gasteiger partial charge in [0.1, 0.15) is 30.2 Å². The molecule has 1 saturated heterocycles. The lowest BCUT2D eigenvalue weighted by molar-refractivity contribution is -0.157. The Morgan fingerprint density at radius 1 is 0.631 bits per heavy atom. The molecule has 27 heteroatoms. The van der Waals surface area contributed by atoms with Gasteiger partial charge in [-0.05, 0) is 103 Å². The number of nitrogens with two attached hydrogens (primary N) is 5. The van der Waals surface area contributed by atoms with Crippen LogP contribution < -0.4 is 71.2 Å². The first kappa shape index (κ1) is 73.6. The number of hydrogen-bond acceptors (Lipinski definition) is 19. The smallest absolute Gasteiger partial charge is 0.306 e. The van der Waals surface area contributed by atoms with E-state index in [0.29, 0.717) is 12.0 Å². The average Bonchev–Trinajstić information content (AvgIpc) is 3.44. The van der Waals surface area contributed by atoms with Crippen LogP contribution >= 0.6 is 0 Å². The Labute approximate surface area is 493 Å². The van der Waals surface area contributed by atoms with Gasteiger partial charge in [0.05, 0.1) is 24.3 Å². The lowest BCUT2D eigenvalue weighted by atomic mass is 9.92. The third-order valence-electron chi connectivity index (χ3n) is 14.2. The summed E-state index contributed by atoms with van der Waals surface area (Å²) in [5.74, 6) is -11.9. The van der Waals surface area contributed by atoms with Crippen LogP contribution in [-0.4, -0.2) is 175 Å². The van der Waals surface area contributed by atoms with Crippen molar-refractivity contribution in [2.45, 2.75) is 198 Å². The summed E-state index contributed by atoms with van der Waals surface area (Å²) in [7, 11) is 0. The van der Waals surface area contributed by atoms with Crippen molar-refractivity contribution in [3.05, 3.63) is 35.9 Å². The Morgan fingerprint density at radius 3 is 1.80 bits per heavy atom. The number of carbonyl (C=O) groups excluding carboxylic acids is 11. The number of carbonyl (C=O) groups is 11. The lowest BCUT2D eigenvalue weighted by Crippen LogP contribution is -2.59. The lowest BCUT2D eigenvalue weighted by Gasteiger charge is -2.28. The maximum atomic E-state index is 14.6. The molecule has 0 radical (unpaired) electrons. The molecule has 474 valence electrons. The largest absolute Gasteiger partial charge is 0.452 e. The van der Waals surface area contributed by atoms with Gasteiger partial charge in [-0.25, -0.2) is 0 Å². The summed E-state index contributed by atoms with van der Waals surface area (Å²) in [5, 5.41) is 42.3. The maximum absolute atomic E-state index is 14.6. The van der Waals surface area contributed by atoms with Crippen molar-refractivity contribution in [1.29, 1.82) is 0 Å². The first-order valence-electron chi connectivity index (χ1n) is 29.5. The second kappa shape index (κ2) is 39.9. The van der Waals surface area contributed by atoms with Gasteiger partial charge in [0, 0.05) is 50.5 Å². The summed E-state index contributed by atoms with van der Waals surface area (Å²) in [6.07, 6.45) is -2.42. The normalized spacial score (nSPS) is 22.8. The molecule has 2 rings (SSSR count). The molecule has 8 amide bonds. The van der Waals surface area contributed by atoms with Gasteiger partial charge >= 0.3 is 5.97 Å². The van der Waals surface area contributed by atoms with Gasteiger partial charge in [-0.1, -0.05) is 76.8 Å². The van der Waals surface area contributed by atoms with Crippen molar-refractivity contribution in [2.24, 2.45) is 46.4 Å². The first-order valence-corrected chi connectivity index (χ1v) is 29.5. The number of ether oxygens (including phenoxy) is 1. The zero-order chi connectivity index (χ0) is 62.9. The molecule has 1 aromatic carbocycles. The number of amides is 8. The summed E-state index contributed by atoms with van der Waals surface area (Å²) in [5.41, 5.74) is 30.0. The van der Waals surface area contributed by atoms with E-state index in [1.165, 1.54) is 13.8 Å². The topological polar surface area (TPSA) is 464 Å². The van der Waals surface area contributed by atoms with Crippen LogP contribution in [0.5, 0.6) is 0 Å². The number of aliphatic hydroxyl groups excluding tert-OH is 2. The maximum Gasteiger partial charge on any atom is 0.306 e. The van der Waals surface area contributed by atoms with Crippen LogP contribution in [0.25, 0.3) is 0 Å². The zero-order valence-electron chi connectivity index (χ0n) is 49.6. The molecule has 27 nitrogen and oxygen atoms in total. The van der Waals surface area contributed by atoms with Gasteiger partial charge in [-0.15, -0.1) is 0 Å². The summed E-state index contributed by atoms with van der Waals surface area (Å²) in [6, 6.07) is -1.53. The molecule has 12 atom stereocenters. The van der Waals surface area contributed by atoms with E-state index in [4.69, 9.17) is 33.4 Å². The highest BCUT2D eigenvalue weighted by Crippen LogP contribution is 2.18. The molecule has 2 unspecified atom stereocenters. The number of unbranched alkanes of at least 4 members (excludes halogenated alkanes) is 4. The number of Topliss-reactive ketones (excluding diaryl/α,β-unsaturated/α-hetero) is 2. The fourth-order valence-corrected chi connectivity index (χ4v) is 9.44. The zero-order valence-corrected chi connectivity index (χ0v) is 49.6. The molecular formula is C57H97N13O14. The summed E-state index contributed by atoms with van der Waals surface area (Å²) >= 11 is 0. The van der Waals surface area contributed by atoms with Crippen LogP contribution in [0.3, 0.4) is 0 Å². The Morgan fingerprint density at radius 2 is 1.20 bits per heavy atom. The van der Waals surface area contributed by atoms with E-state index < -0.39 is 157 Å². The van der Waals surface area contributed by atoms with Crippen molar-refractivity contribution in [2.75, 3.05) is 39.3 Å². The second-order valence-corrected chi connectivity index (χ2v) is 21.9. The van der Waals surface area contributed by atoms with Gasteiger partial charge in [0.15, 0.2) is 17.7 Å². The highest BCUT2D eigenvalue weighted by Gasteiger charge is 2.38. The fourth-order valence-electron chi connectivity index (χ4n) is 9.44. The molecule has 0 aliphatic carbocycles. The molecule has 84 heavy (non-hydrogen) atoms. The van der Waals surface area contributed by atoms with Gasteiger partial charge in [0.25, 0.3) is 5.91 Å². The number of aliphatic hydroxyl groups is 2. The minimum Gasteiger partial charge on any atom is -0.452 e. The average molecular weight is 1190 g/mol. The van der Waals surface area contributed by atoms with Gasteiger partial charge in [0.2, 0.25) is 41.4 Å². The molecule has 0 saturated carbocycles. The molecule has 1 aliphatic rings. The van der Waals surface area contributed by atoms with E-state index >= 15 is 0 Å². The Hall–Kier alpha value is -6.49. The van der Waals surface area contributed by atoms with Crippen molar-refractivity contribution >= 4 is 64.8 Å². The van der Waals surface area contributed by atoms with Gasteiger partial charge in [-0.2, -0.15) is 0 Å². The Bertz CT molecular complexity index is 2280. The number of ketones is 2. The predicted octanol–water partition coefficient (Wildman–Crippen LogP) is -2.88. The fraction of sp³-hybridized carbons (Fsp3) is 0.702. The van der Waals surface area contributed by atoms with Gasteiger partial charge < -0.3 is 86.2 Å². The van der Waals surface area contributed by atoms with E-state index in [2.05, 4.69) is 49.5 Å². The number of esters is 1. The molecule has 1 aliphatic heterocycles. The number of rotatable bonds is 30. The summed E-state index contributed by atoms with van der Waals surface area (Å²) in [4.78, 5) is 154. The van der Waals surface area contributed by atoms with E-state index in [1.54, 1.807) is 44.2 Å². The Balaban J connectivity index is 2.68. The minimum absolute atomic E-state index is 0.0420. The van der Waals surface area contributed by atoms with Crippen LogP contribution in [0.4, 0.5) is 0 Å². The highest BCUT2D eigenvalue weighted by atomic mass is 16.5. The van der Waals surface area contributed by atoms with Crippen LogP contribution in [-0.2, 0) is 63.9 Å².